The van der Waals surface area contributed by atoms with Gasteiger partial charge in [0.2, 0.25) is 0 Å². The average Bonchev–Trinajstić information content (AvgIpc) is 2.55. The van der Waals surface area contributed by atoms with Crippen molar-refractivity contribution >= 4 is 11.4 Å². The predicted molar refractivity (Wildman–Crippen MR) is 97.9 cm³/mol. The summed E-state index contributed by atoms with van der Waals surface area (Å²) < 4.78 is 0. The van der Waals surface area contributed by atoms with Crippen molar-refractivity contribution in [2.75, 3.05) is 24.2 Å². The van der Waals surface area contributed by atoms with Crippen molar-refractivity contribution in [1.29, 1.82) is 0 Å². The maximum Gasteiger partial charge on any atom is 0.0374 e. The van der Waals surface area contributed by atoms with Gasteiger partial charge < -0.3 is 10.6 Å². The van der Waals surface area contributed by atoms with Gasteiger partial charge in [-0.25, -0.2) is 0 Å². The van der Waals surface area contributed by atoms with E-state index in [2.05, 4.69) is 79.9 Å². The van der Waals surface area contributed by atoms with Crippen molar-refractivity contribution in [3.8, 4) is 0 Å². The fourth-order valence-corrected chi connectivity index (χ4v) is 2.71. The minimum absolute atomic E-state index is 0.104. The molecule has 0 saturated carbocycles. The zero-order valence-corrected chi connectivity index (χ0v) is 14.2. The lowest BCUT2D eigenvalue weighted by atomic mass is 9.84. The van der Waals surface area contributed by atoms with Crippen LogP contribution in [0.2, 0.25) is 0 Å². The highest BCUT2D eigenvalue weighted by Crippen LogP contribution is 2.26. The van der Waals surface area contributed by atoms with E-state index in [0.717, 1.165) is 19.4 Å². The molecule has 2 N–H and O–H groups in total. The van der Waals surface area contributed by atoms with Gasteiger partial charge >= 0.3 is 0 Å². The summed E-state index contributed by atoms with van der Waals surface area (Å²) in [7, 11) is 1.97. The molecule has 2 aromatic carbocycles. The van der Waals surface area contributed by atoms with Crippen LogP contribution in [0, 0.1) is 0 Å². The second-order valence-corrected chi connectivity index (χ2v) is 6.48. The van der Waals surface area contributed by atoms with Crippen molar-refractivity contribution in [3.05, 3.63) is 59.7 Å². The Bertz CT molecular complexity index is 588. The van der Waals surface area contributed by atoms with E-state index in [1.165, 1.54) is 22.5 Å². The van der Waals surface area contributed by atoms with Crippen LogP contribution in [0.5, 0.6) is 0 Å². The minimum Gasteiger partial charge on any atom is -0.388 e. The Labute approximate surface area is 135 Å². The smallest absolute Gasteiger partial charge is 0.0374 e. The summed E-state index contributed by atoms with van der Waals surface area (Å²) >= 11 is 0. The van der Waals surface area contributed by atoms with E-state index < -0.39 is 0 Å². The SMILES string of the molecule is CCCc1cc(NC)ccc1NCC(C)(C)c1ccccc1. The Morgan fingerprint density at radius 2 is 1.73 bits per heavy atom. The molecule has 0 unspecified atom stereocenters. The van der Waals surface area contributed by atoms with E-state index in [9.17, 15) is 0 Å². The van der Waals surface area contributed by atoms with Crippen molar-refractivity contribution in [2.24, 2.45) is 0 Å². The summed E-state index contributed by atoms with van der Waals surface area (Å²) in [6.45, 7) is 7.73. The van der Waals surface area contributed by atoms with E-state index in [1.54, 1.807) is 0 Å². The first-order chi connectivity index (χ1) is 10.6. The van der Waals surface area contributed by atoms with Gasteiger partial charge in [-0.05, 0) is 35.7 Å². The van der Waals surface area contributed by atoms with Gasteiger partial charge in [-0.1, -0.05) is 57.5 Å². The highest BCUT2D eigenvalue weighted by atomic mass is 14.9. The highest BCUT2D eigenvalue weighted by molar-refractivity contribution is 5.60. The van der Waals surface area contributed by atoms with E-state index in [0.29, 0.717) is 0 Å². The van der Waals surface area contributed by atoms with Crippen molar-refractivity contribution in [3.63, 3.8) is 0 Å². The lowest BCUT2D eigenvalue weighted by Crippen LogP contribution is -2.27. The number of aryl methyl sites for hydroxylation is 1. The molecule has 2 nitrogen and oxygen atoms in total. The Balaban J connectivity index is 2.13. The number of hydrogen-bond donors (Lipinski definition) is 2. The van der Waals surface area contributed by atoms with Crippen molar-refractivity contribution in [2.45, 2.75) is 39.0 Å². The van der Waals surface area contributed by atoms with Crippen LogP contribution in [0.4, 0.5) is 11.4 Å². The van der Waals surface area contributed by atoms with Crippen LogP contribution in [0.25, 0.3) is 0 Å². The summed E-state index contributed by atoms with van der Waals surface area (Å²) in [4.78, 5) is 0. The van der Waals surface area contributed by atoms with Gasteiger partial charge in [-0.15, -0.1) is 0 Å². The second-order valence-electron chi connectivity index (χ2n) is 6.48. The van der Waals surface area contributed by atoms with Gasteiger partial charge in [-0.3, -0.25) is 0 Å². The third-order valence-electron chi connectivity index (χ3n) is 4.19. The fraction of sp³-hybridized carbons (Fsp3) is 0.400. The van der Waals surface area contributed by atoms with Gasteiger partial charge in [0, 0.05) is 30.4 Å². The number of rotatable bonds is 7. The van der Waals surface area contributed by atoms with Crippen LogP contribution in [0.15, 0.2) is 48.5 Å². The van der Waals surface area contributed by atoms with Crippen LogP contribution < -0.4 is 10.6 Å². The third kappa shape index (κ3) is 4.03. The normalized spacial score (nSPS) is 11.3. The molecule has 0 aliphatic heterocycles. The number of anilines is 2. The highest BCUT2D eigenvalue weighted by Gasteiger charge is 2.20. The van der Waals surface area contributed by atoms with Crippen LogP contribution in [-0.2, 0) is 11.8 Å². The molecule has 0 fully saturated rings. The first-order valence-corrected chi connectivity index (χ1v) is 8.17. The number of nitrogens with one attached hydrogen (secondary N) is 2. The van der Waals surface area contributed by atoms with E-state index >= 15 is 0 Å². The molecule has 0 amide bonds. The number of hydrogen-bond acceptors (Lipinski definition) is 2. The maximum atomic E-state index is 3.66. The zero-order valence-electron chi connectivity index (χ0n) is 14.2. The molecule has 0 aliphatic carbocycles. The minimum atomic E-state index is 0.104. The van der Waals surface area contributed by atoms with E-state index in [1.807, 2.05) is 7.05 Å². The summed E-state index contributed by atoms with van der Waals surface area (Å²) in [6, 6.07) is 17.3. The molecule has 22 heavy (non-hydrogen) atoms. The quantitative estimate of drug-likeness (QED) is 0.745. The van der Waals surface area contributed by atoms with Crippen LogP contribution in [0.1, 0.15) is 38.3 Å². The molecular weight excluding hydrogens is 268 g/mol. The first-order valence-electron chi connectivity index (χ1n) is 8.17. The fourth-order valence-electron chi connectivity index (χ4n) is 2.71. The average molecular weight is 296 g/mol. The molecule has 0 aromatic heterocycles. The van der Waals surface area contributed by atoms with Gasteiger partial charge in [-0.2, -0.15) is 0 Å². The molecule has 0 aliphatic rings. The van der Waals surface area contributed by atoms with Crippen LogP contribution in [0.3, 0.4) is 0 Å². The van der Waals surface area contributed by atoms with E-state index in [4.69, 9.17) is 0 Å². The van der Waals surface area contributed by atoms with Gasteiger partial charge in [0.1, 0.15) is 0 Å². The second kappa shape index (κ2) is 7.35. The predicted octanol–water partition coefficient (Wildman–Crippen LogP) is 5.07. The standard InChI is InChI=1S/C20H28N2/c1-5-9-16-14-18(21-4)12-13-19(16)22-15-20(2,3)17-10-7-6-8-11-17/h6-8,10-14,21-22H,5,9,15H2,1-4H3. The molecular formula is C20H28N2. The van der Waals surface area contributed by atoms with Crippen LogP contribution >= 0.6 is 0 Å². The summed E-state index contributed by atoms with van der Waals surface area (Å²) in [5.41, 5.74) is 5.29. The summed E-state index contributed by atoms with van der Waals surface area (Å²) in [5.74, 6) is 0. The van der Waals surface area contributed by atoms with Gasteiger partial charge in [0.25, 0.3) is 0 Å². The monoisotopic (exact) mass is 296 g/mol. The summed E-state index contributed by atoms with van der Waals surface area (Å²) in [5, 5.41) is 6.88. The third-order valence-corrected chi connectivity index (χ3v) is 4.19. The molecule has 2 heteroatoms. The van der Waals surface area contributed by atoms with Crippen LogP contribution in [-0.4, -0.2) is 13.6 Å². The molecule has 118 valence electrons. The topological polar surface area (TPSA) is 24.1 Å². The van der Waals surface area contributed by atoms with Crippen molar-refractivity contribution < 1.29 is 0 Å². The van der Waals surface area contributed by atoms with E-state index in [-0.39, 0.29) is 5.41 Å². The molecule has 0 saturated heterocycles. The largest absolute Gasteiger partial charge is 0.388 e. The Morgan fingerprint density at radius 3 is 2.36 bits per heavy atom. The Kier molecular flexibility index (Phi) is 5.48. The maximum absolute atomic E-state index is 3.66. The van der Waals surface area contributed by atoms with Crippen molar-refractivity contribution in [1.82, 2.24) is 0 Å². The molecule has 2 aromatic rings. The Hall–Kier alpha value is -1.96. The molecule has 0 spiro atoms. The lowest BCUT2D eigenvalue weighted by Gasteiger charge is -2.27. The molecule has 0 bridgehead atoms. The lowest BCUT2D eigenvalue weighted by molar-refractivity contribution is 0.557. The molecule has 0 heterocycles. The van der Waals surface area contributed by atoms with Gasteiger partial charge in [0.05, 0.1) is 0 Å². The first kappa shape index (κ1) is 16.4. The summed E-state index contributed by atoms with van der Waals surface area (Å²) in [6.07, 6.45) is 2.26. The van der Waals surface area contributed by atoms with Gasteiger partial charge in [0.15, 0.2) is 0 Å². The molecule has 0 atom stereocenters. The number of benzene rings is 2. The molecule has 2 rings (SSSR count). The Morgan fingerprint density at radius 1 is 1.00 bits per heavy atom. The molecule has 0 radical (unpaired) electrons. The zero-order chi connectivity index (χ0) is 16.0.